The van der Waals surface area contributed by atoms with Gasteiger partial charge in [0.15, 0.2) is 0 Å². The van der Waals surface area contributed by atoms with Gasteiger partial charge in [-0.3, -0.25) is 9.59 Å². The van der Waals surface area contributed by atoms with Gasteiger partial charge in [-0.05, 0) is 30.2 Å². The largest absolute Gasteiger partial charge is 0.481 e. The molecule has 1 rings (SSSR count). The molecule has 0 aliphatic carbocycles. The molecule has 0 spiro atoms. The Morgan fingerprint density at radius 2 is 1.90 bits per heavy atom. The summed E-state index contributed by atoms with van der Waals surface area (Å²) in [6, 6.07) is 7.37. The minimum absolute atomic E-state index is 0.0492. The summed E-state index contributed by atoms with van der Waals surface area (Å²) in [6.45, 7) is 3.80. The standard InChI is InChI=1S/C14H18BrNO3S/c1-9(2)12(7-14(18)19)16-13(17)8-20-11-5-3-10(15)4-6-11/h3-6,9,12H,7-8H2,1-2H3,(H,16,17)(H,18,19). The highest BCUT2D eigenvalue weighted by Gasteiger charge is 2.19. The molecule has 1 atom stereocenters. The molecule has 110 valence electrons. The Morgan fingerprint density at radius 3 is 2.40 bits per heavy atom. The van der Waals surface area contributed by atoms with Gasteiger partial charge in [-0.2, -0.15) is 0 Å². The molecular formula is C14H18BrNO3S. The Bertz CT molecular complexity index is 462. The summed E-state index contributed by atoms with van der Waals surface area (Å²) in [5.74, 6) is -0.667. The zero-order valence-electron chi connectivity index (χ0n) is 11.4. The van der Waals surface area contributed by atoms with Gasteiger partial charge in [0.1, 0.15) is 0 Å². The van der Waals surface area contributed by atoms with Crippen LogP contribution in [0.15, 0.2) is 33.6 Å². The predicted molar refractivity (Wildman–Crippen MR) is 83.9 cm³/mol. The molecule has 2 N–H and O–H groups in total. The quantitative estimate of drug-likeness (QED) is 0.733. The molecule has 0 heterocycles. The van der Waals surface area contributed by atoms with Crippen molar-refractivity contribution < 1.29 is 14.7 Å². The molecule has 0 fully saturated rings. The van der Waals surface area contributed by atoms with Crippen LogP contribution in [0.5, 0.6) is 0 Å². The van der Waals surface area contributed by atoms with Crippen LogP contribution in [0.3, 0.4) is 0 Å². The highest BCUT2D eigenvalue weighted by atomic mass is 79.9. The molecule has 0 aliphatic heterocycles. The fourth-order valence-corrected chi connectivity index (χ4v) is 2.54. The fourth-order valence-electron chi connectivity index (χ4n) is 1.57. The average molecular weight is 360 g/mol. The number of thioether (sulfide) groups is 1. The molecule has 1 aromatic rings. The maximum absolute atomic E-state index is 11.8. The summed E-state index contributed by atoms with van der Waals surface area (Å²) >= 11 is 4.78. The molecule has 0 saturated heterocycles. The summed E-state index contributed by atoms with van der Waals surface area (Å²) in [5.41, 5.74) is 0. The molecule has 1 unspecified atom stereocenters. The summed E-state index contributed by atoms with van der Waals surface area (Å²) in [4.78, 5) is 23.6. The lowest BCUT2D eigenvalue weighted by molar-refractivity contribution is -0.138. The smallest absolute Gasteiger partial charge is 0.305 e. The first-order valence-electron chi connectivity index (χ1n) is 6.28. The second-order valence-electron chi connectivity index (χ2n) is 4.76. The number of carboxylic acids is 1. The number of hydrogen-bond acceptors (Lipinski definition) is 3. The van der Waals surface area contributed by atoms with Crippen molar-refractivity contribution in [1.82, 2.24) is 5.32 Å². The molecule has 4 nitrogen and oxygen atoms in total. The van der Waals surface area contributed by atoms with Gasteiger partial charge >= 0.3 is 5.97 Å². The van der Waals surface area contributed by atoms with Crippen molar-refractivity contribution >= 4 is 39.6 Å². The van der Waals surface area contributed by atoms with Gasteiger partial charge < -0.3 is 10.4 Å². The topological polar surface area (TPSA) is 66.4 Å². The van der Waals surface area contributed by atoms with E-state index in [4.69, 9.17) is 5.11 Å². The number of halogens is 1. The minimum Gasteiger partial charge on any atom is -0.481 e. The molecule has 1 amide bonds. The first kappa shape index (κ1) is 17.0. The number of rotatable bonds is 7. The number of aliphatic carboxylic acids is 1. The monoisotopic (exact) mass is 359 g/mol. The van der Waals surface area contributed by atoms with Crippen LogP contribution in [0.1, 0.15) is 20.3 Å². The van der Waals surface area contributed by atoms with Crippen LogP contribution in [0, 0.1) is 5.92 Å². The van der Waals surface area contributed by atoms with Gasteiger partial charge in [0, 0.05) is 15.4 Å². The zero-order valence-corrected chi connectivity index (χ0v) is 13.8. The number of carbonyl (C=O) groups is 2. The van der Waals surface area contributed by atoms with E-state index in [1.54, 1.807) is 0 Å². The van der Waals surface area contributed by atoms with Crippen molar-refractivity contribution in [2.45, 2.75) is 31.2 Å². The maximum atomic E-state index is 11.8. The molecule has 0 aromatic heterocycles. The fraction of sp³-hybridized carbons (Fsp3) is 0.429. The Balaban J connectivity index is 2.45. The summed E-state index contributed by atoms with van der Waals surface area (Å²) in [5, 5.41) is 11.6. The number of carbonyl (C=O) groups excluding carboxylic acids is 1. The van der Waals surface area contributed by atoms with E-state index in [1.165, 1.54) is 11.8 Å². The highest BCUT2D eigenvalue weighted by molar-refractivity contribution is 9.10. The van der Waals surface area contributed by atoms with Crippen molar-refractivity contribution in [3.8, 4) is 0 Å². The van der Waals surface area contributed by atoms with Gasteiger partial charge in [0.05, 0.1) is 12.2 Å². The van der Waals surface area contributed by atoms with Gasteiger partial charge in [0.2, 0.25) is 5.91 Å². The number of amides is 1. The molecule has 1 aromatic carbocycles. The zero-order chi connectivity index (χ0) is 15.1. The van der Waals surface area contributed by atoms with Crippen LogP contribution in [0.25, 0.3) is 0 Å². The van der Waals surface area contributed by atoms with Crippen molar-refractivity contribution in [2.75, 3.05) is 5.75 Å². The minimum atomic E-state index is -0.899. The van der Waals surface area contributed by atoms with E-state index in [1.807, 2.05) is 38.1 Å². The SMILES string of the molecule is CC(C)C(CC(=O)O)NC(=O)CSc1ccc(Br)cc1. The lowest BCUT2D eigenvalue weighted by atomic mass is 10.0. The molecule has 0 radical (unpaired) electrons. The van der Waals surface area contributed by atoms with Gasteiger partial charge in [-0.15, -0.1) is 11.8 Å². The predicted octanol–water partition coefficient (Wildman–Crippen LogP) is 3.16. The third-order valence-electron chi connectivity index (χ3n) is 2.73. The number of carboxylic acid groups (broad SMARTS) is 1. The van der Waals surface area contributed by atoms with Crippen LogP contribution in [0.2, 0.25) is 0 Å². The van der Waals surface area contributed by atoms with Gasteiger partial charge in [0.25, 0.3) is 0 Å². The van der Waals surface area contributed by atoms with Crippen LogP contribution in [-0.4, -0.2) is 28.8 Å². The molecule has 0 aliphatic rings. The maximum Gasteiger partial charge on any atom is 0.305 e. The van der Waals surface area contributed by atoms with Crippen LogP contribution in [0.4, 0.5) is 0 Å². The molecular weight excluding hydrogens is 342 g/mol. The average Bonchev–Trinajstić information content (AvgIpc) is 2.36. The van der Waals surface area contributed by atoms with E-state index in [9.17, 15) is 9.59 Å². The second kappa shape index (κ2) is 8.32. The molecule has 20 heavy (non-hydrogen) atoms. The second-order valence-corrected chi connectivity index (χ2v) is 6.72. The number of hydrogen-bond donors (Lipinski definition) is 2. The van der Waals surface area contributed by atoms with E-state index in [2.05, 4.69) is 21.2 Å². The van der Waals surface area contributed by atoms with Crippen molar-refractivity contribution in [1.29, 1.82) is 0 Å². The Hall–Kier alpha value is -1.01. The van der Waals surface area contributed by atoms with E-state index in [0.717, 1.165) is 9.37 Å². The summed E-state index contributed by atoms with van der Waals surface area (Å²) in [6.07, 6.45) is -0.0492. The van der Waals surface area contributed by atoms with Crippen molar-refractivity contribution in [2.24, 2.45) is 5.92 Å². The van der Waals surface area contributed by atoms with Gasteiger partial charge in [-0.1, -0.05) is 29.8 Å². The van der Waals surface area contributed by atoms with E-state index in [0.29, 0.717) is 0 Å². The normalized spacial score (nSPS) is 12.2. The van der Waals surface area contributed by atoms with Crippen molar-refractivity contribution in [3.63, 3.8) is 0 Å². The first-order valence-corrected chi connectivity index (χ1v) is 8.06. The lowest BCUT2D eigenvalue weighted by Gasteiger charge is -2.20. The Labute approximate surface area is 131 Å². The van der Waals surface area contributed by atoms with Crippen LogP contribution >= 0.6 is 27.7 Å². The van der Waals surface area contributed by atoms with E-state index in [-0.39, 0.29) is 30.0 Å². The van der Waals surface area contributed by atoms with E-state index < -0.39 is 5.97 Å². The van der Waals surface area contributed by atoms with Crippen molar-refractivity contribution in [3.05, 3.63) is 28.7 Å². The number of benzene rings is 1. The Morgan fingerprint density at radius 1 is 1.30 bits per heavy atom. The lowest BCUT2D eigenvalue weighted by Crippen LogP contribution is -2.40. The van der Waals surface area contributed by atoms with Crippen LogP contribution < -0.4 is 5.32 Å². The van der Waals surface area contributed by atoms with Gasteiger partial charge in [-0.25, -0.2) is 0 Å². The highest BCUT2D eigenvalue weighted by Crippen LogP contribution is 2.20. The summed E-state index contributed by atoms with van der Waals surface area (Å²) in [7, 11) is 0. The first-order chi connectivity index (χ1) is 9.38. The molecule has 0 saturated carbocycles. The van der Waals surface area contributed by atoms with Crippen LogP contribution in [-0.2, 0) is 9.59 Å². The van der Waals surface area contributed by atoms with E-state index >= 15 is 0 Å². The third kappa shape index (κ3) is 6.43. The third-order valence-corrected chi connectivity index (χ3v) is 4.27. The summed E-state index contributed by atoms with van der Waals surface area (Å²) < 4.78 is 0.993. The molecule has 0 bridgehead atoms. The number of nitrogens with one attached hydrogen (secondary N) is 1. The Kier molecular flexibility index (Phi) is 7.09. The molecule has 6 heteroatoms.